The van der Waals surface area contributed by atoms with Gasteiger partial charge in [-0.3, -0.25) is 4.79 Å². The maximum Gasteiger partial charge on any atom is 0.303 e. The molecule has 0 aliphatic carbocycles. The third-order valence-corrected chi connectivity index (χ3v) is 2.89. The fraction of sp³-hybridized carbons (Fsp3) is 0.917. The van der Waals surface area contributed by atoms with Gasteiger partial charge in [0, 0.05) is 12.5 Å². The Morgan fingerprint density at radius 1 is 1.33 bits per heavy atom. The molecule has 0 aliphatic heterocycles. The zero-order valence-corrected chi connectivity index (χ0v) is 10.3. The van der Waals surface area contributed by atoms with Gasteiger partial charge in [0.05, 0.1) is 0 Å². The summed E-state index contributed by atoms with van der Waals surface area (Å²) in [5.74, 6) is -0.690. The molecule has 1 unspecified atom stereocenters. The first-order valence-electron chi connectivity index (χ1n) is 6.03. The number of carboxylic acids is 1. The first-order chi connectivity index (χ1) is 7.11. The van der Waals surface area contributed by atoms with Crippen molar-refractivity contribution >= 4 is 5.97 Å². The number of unbranched alkanes of at least 4 members (excludes halogenated alkanes) is 1. The van der Waals surface area contributed by atoms with E-state index < -0.39 is 5.97 Å². The van der Waals surface area contributed by atoms with E-state index in [1.54, 1.807) is 0 Å². The fourth-order valence-electron chi connectivity index (χ4n) is 1.84. The molecule has 0 heterocycles. The molecule has 3 heteroatoms. The molecule has 0 amide bonds. The second-order valence-electron chi connectivity index (χ2n) is 4.18. The van der Waals surface area contributed by atoms with Gasteiger partial charge < -0.3 is 10.0 Å². The van der Waals surface area contributed by atoms with E-state index in [1.807, 2.05) is 0 Å². The predicted molar refractivity (Wildman–Crippen MR) is 63.1 cm³/mol. The maximum absolute atomic E-state index is 10.4. The van der Waals surface area contributed by atoms with Crippen molar-refractivity contribution in [1.82, 2.24) is 4.90 Å². The summed E-state index contributed by atoms with van der Waals surface area (Å²) in [5.41, 5.74) is 0. The predicted octanol–water partition coefficient (Wildman–Crippen LogP) is 2.75. The molecular weight excluding hydrogens is 190 g/mol. The second kappa shape index (κ2) is 8.72. The average Bonchev–Trinajstić information content (AvgIpc) is 2.18. The molecule has 0 saturated heterocycles. The topological polar surface area (TPSA) is 40.5 Å². The van der Waals surface area contributed by atoms with Gasteiger partial charge in [-0.25, -0.2) is 0 Å². The van der Waals surface area contributed by atoms with Crippen LogP contribution < -0.4 is 0 Å². The van der Waals surface area contributed by atoms with Crippen LogP contribution in [-0.2, 0) is 4.79 Å². The molecule has 0 spiro atoms. The number of aliphatic carboxylic acids is 1. The summed E-state index contributed by atoms with van der Waals surface area (Å²) in [5, 5.41) is 8.55. The van der Waals surface area contributed by atoms with Gasteiger partial charge in [-0.2, -0.15) is 0 Å². The van der Waals surface area contributed by atoms with Crippen LogP contribution in [0.2, 0.25) is 0 Å². The highest BCUT2D eigenvalue weighted by molar-refractivity contribution is 5.66. The first-order valence-corrected chi connectivity index (χ1v) is 6.03. The van der Waals surface area contributed by atoms with Gasteiger partial charge in [-0.1, -0.05) is 26.7 Å². The number of rotatable bonds is 9. The Hall–Kier alpha value is -0.570. The lowest BCUT2D eigenvalue weighted by atomic mass is 10.1. The van der Waals surface area contributed by atoms with E-state index in [-0.39, 0.29) is 6.42 Å². The molecule has 0 aromatic rings. The van der Waals surface area contributed by atoms with E-state index in [0.717, 1.165) is 19.4 Å². The summed E-state index contributed by atoms with van der Waals surface area (Å²) in [4.78, 5) is 12.7. The molecule has 3 nitrogen and oxygen atoms in total. The van der Waals surface area contributed by atoms with Gasteiger partial charge in [-0.05, 0) is 32.9 Å². The number of nitrogens with zero attached hydrogens (tertiary/aromatic N) is 1. The average molecular weight is 215 g/mol. The highest BCUT2D eigenvalue weighted by atomic mass is 16.4. The Labute approximate surface area is 93.5 Å². The molecule has 0 bridgehead atoms. The monoisotopic (exact) mass is 215 g/mol. The van der Waals surface area contributed by atoms with Crippen LogP contribution in [0.1, 0.15) is 52.4 Å². The Morgan fingerprint density at radius 3 is 2.47 bits per heavy atom. The third-order valence-electron chi connectivity index (χ3n) is 2.89. The summed E-state index contributed by atoms with van der Waals surface area (Å²) >= 11 is 0. The number of hydrogen-bond donors (Lipinski definition) is 1. The minimum atomic E-state index is -0.690. The minimum absolute atomic E-state index is 0.286. The number of hydrogen-bond acceptors (Lipinski definition) is 2. The van der Waals surface area contributed by atoms with Crippen molar-refractivity contribution in [3.05, 3.63) is 0 Å². The van der Waals surface area contributed by atoms with E-state index in [9.17, 15) is 4.79 Å². The largest absolute Gasteiger partial charge is 0.481 e. The van der Waals surface area contributed by atoms with Crippen molar-refractivity contribution in [1.29, 1.82) is 0 Å². The molecule has 90 valence electrons. The van der Waals surface area contributed by atoms with Crippen LogP contribution in [0.3, 0.4) is 0 Å². The van der Waals surface area contributed by atoms with Gasteiger partial charge in [0.2, 0.25) is 0 Å². The molecule has 15 heavy (non-hydrogen) atoms. The number of carboxylic acid groups (broad SMARTS) is 1. The van der Waals surface area contributed by atoms with Crippen molar-refractivity contribution in [2.45, 2.75) is 58.4 Å². The molecule has 0 fully saturated rings. The van der Waals surface area contributed by atoms with Gasteiger partial charge in [-0.15, -0.1) is 0 Å². The highest BCUT2D eigenvalue weighted by Gasteiger charge is 2.11. The van der Waals surface area contributed by atoms with Crippen molar-refractivity contribution in [3.63, 3.8) is 0 Å². The highest BCUT2D eigenvalue weighted by Crippen LogP contribution is 2.11. The minimum Gasteiger partial charge on any atom is -0.481 e. The van der Waals surface area contributed by atoms with E-state index in [1.165, 1.54) is 19.3 Å². The Kier molecular flexibility index (Phi) is 8.38. The quantitative estimate of drug-likeness (QED) is 0.643. The van der Waals surface area contributed by atoms with Crippen LogP contribution in [0.4, 0.5) is 0 Å². The molecule has 0 aliphatic rings. The lowest BCUT2D eigenvalue weighted by molar-refractivity contribution is -0.137. The van der Waals surface area contributed by atoms with Crippen molar-refractivity contribution in [3.8, 4) is 0 Å². The van der Waals surface area contributed by atoms with E-state index in [4.69, 9.17) is 5.11 Å². The second-order valence-corrected chi connectivity index (χ2v) is 4.18. The fourth-order valence-corrected chi connectivity index (χ4v) is 1.84. The standard InChI is InChI=1S/C12H25NO2/c1-4-6-8-11(5-2)13(3)10-7-9-12(14)15/h11H,4-10H2,1-3H3,(H,14,15). The van der Waals surface area contributed by atoms with E-state index in [2.05, 4.69) is 25.8 Å². The Bertz CT molecular complexity index is 171. The Morgan fingerprint density at radius 2 is 2.00 bits per heavy atom. The molecule has 0 saturated carbocycles. The van der Waals surface area contributed by atoms with Crippen molar-refractivity contribution < 1.29 is 9.90 Å². The molecule has 1 N–H and O–H groups in total. The summed E-state index contributed by atoms with van der Waals surface area (Å²) in [6.45, 7) is 5.31. The SMILES string of the molecule is CCCCC(CC)N(C)CCCC(=O)O. The zero-order chi connectivity index (χ0) is 11.7. The van der Waals surface area contributed by atoms with Crippen LogP contribution in [0.25, 0.3) is 0 Å². The van der Waals surface area contributed by atoms with Crippen molar-refractivity contribution in [2.24, 2.45) is 0 Å². The third kappa shape index (κ3) is 7.37. The lowest BCUT2D eigenvalue weighted by Gasteiger charge is -2.26. The molecular formula is C12H25NO2. The molecule has 0 aromatic heterocycles. The Balaban J connectivity index is 3.72. The van der Waals surface area contributed by atoms with Crippen LogP contribution in [-0.4, -0.2) is 35.6 Å². The van der Waals surface area contributed by atoms with Gasteiger partial charge in [0.25, 0.3) is 0 Å². The lowest BCUT2D eigenvalue weighted by Crippen LogP contribution is -2.32. The normalized spacial score (nSPS) is 13.1. The molecule has 1 atom stereocenters. The maximum atomic E-state index is 10.4. The van der Waals surface area contributed by atoms with Crippen LogP contribution in [0.5, 0.6) is 0 Å². The summed E-state index contributed by atoms with van der Waals surface area (Å²) < 4.78 is 0. The zero-order valence-electron chi connectivity index (χ0n) is 10.3. The van der Waals surface area contributed by atoms with E-state index in [0.29, 0.717) is 6.04 Å². The van der Waals surface area contributed by atoms with Gasteiger partial charge >= 0.3 is 5.97 Å². The summed E-state index contributed by atoms with van der Waals surface area (Å²) in [6.07, 6.45) is 5.93. The first kappa shape index (κ1) is 14.4. The van der Waals surface area contributed by atoms with Gasteiger partial charge in [0.1, 0.15) is 0 Å². The molecule has 0 radical (unpaired) electrons. The van der Waals surface area contributed by atoms with Gasteiger partial charge in [0.15, 0.2) is 0 Å². The molecule has 0 rings (SSSR count). The van der Waals surface area contributed by atoms with Crippen LogP contribution in [0, 0.1) is 0 Å². The molecule has 0 aromatic carbocycles. The van der Waals surface area contributed by atoms with E-state index >= 15 is 0 Å². The van der Waals surface area contributed by atoms with Crippen LogP contribution >= 0.6 is 0 Å². The summed E-state index contributed by atoms with van der Waals surface area (Å²) in [6, 6.07) is 0.624. The smallest absolute Gasteiger partial charge is 0.303 e. The number of carbonyl (C=O) groups is 1. The van der Waals surface area contributed by atoms with Crippen molar-refractivity contribution in [2.75, 3.05) is 13.6 Å². The van der Waals surface area contributed by atoms with Crippen LogP contribution in [0.15, 0.2) is 0 Å². The summed E-state index contributed by atoms with van der Waals surface area (Å²) in [7, 11) is 2.10.